The third kappa shape index (κ3) is 4.06. The van der Waals surface area contributed by atoms with Crippen LogP contribution in [0.25, 0.3) is 0 Å². The molecule has 0 saturated heterocycles. The molecular weight excluding hydrogens is 280 g/mol. The number of thiophene rings is 1. The predicted molar refractivity (Wildman–Crippen MR) is 82.4 cm³/mol. The molecule has 2 N–H and O–H groups in total. The number of hydrogen-bond donors (Lipinski definition) is 1. The van der Waals surface area contributed by atoms with Crippen LogP contribution >= 0.6 is 22.9 Å². The first kappa shape index (κ1) is 16.2. The SMILES string of the molecule is C=CCN(Cc1ccc(Cl)s1)C(=O)C(N)(CC)CC. The molecule has 0 spiro atoms. The van der Waals surface area contributed by atoms with Crippen molar-refractivity contribution in [3.8, 4) is 0 Å². The van der Waals surface area contributed by atoms with Crippen LogP contribution in [-0.4, -0.2) is 22.9 Å². The van der Waals surface area contributed by atoms with Crippen LogP contribution in [0.3, 0.4) is 0 Å². The number of nitrogens with two attached hydrogens (primary N) is 1. The molecule has 1 heterocycles. The zero-order chi connectivity index (χ0) is 14.5. The van der Waals surface area contributed by atoms with E-state index in [1.54, 1.807) is 11.0 Å². The van der Waals surface area contributed by atoms with E-state index in [4.69, 9.17) is 17.3 Å². The van der Waals surface area contributed by atoms with Gasteiger partial charge in [0.25, 0.3) is 0 Å². The molecule has 1 rings (SSSR count). The van der Waals surface area contributed by atoms with Crippen molar-refractivity contribution in [2.24, 2.45) is 5.73 Å². The van der Waals surface area contributed by atoms with Crippen molar-refractivity contribution >= 4 is 28.8 Å². The Labute approximate surface area is 124 Å². The Kier molecular flexibility index (Phi) is 6.04. The second-order valence-electron chi connectivity index (χ2n) is 4.54. The molecule has 1 amide bonds. The number of halogens is 1. The number of nitrogens with zero attached hydrogens (tertiary/aromatic N) is 1. The van der Waals surface area contributed by atoms with Gasteiger partial charge in [-0.05, 0) is 25.0 Å². The minimum absolute atomic E-state index is 0.0260. The van der Waals surface area contributed by atoms with Gasteiger partial charge in [0, 0.05) is 11.4 Å². The first-order valence-electron chi connectivity index (χ1n) is 6.40. The fourth-order valence-corrected chi connectivity index (χ4v) is 2.97. The zero-order valence-electron chi connectivity index (χ0n) is 11.5. The van der Waals surface area contributed by atoms with Crippen LogP contribution in [0.5, 0.6) is 0 Å². The maximum absolute atomic E-state index is 12.6. The molecule has 1 aromatic heterocycles. The quantitative estimate of drug-likeness (QED) is 0.784. The Morgan fingerprint density at radius 3 is 2.58 bits per heavy atom. The van der Waals surface area contributed by atoms with E-state index in [-0.39, 0.29) is 5.91 Å². The van der Waals surface area contributed by atoms with E-state index in [0.717, 1.165) is 9.21 Å². The molecule has 0 atom stereocenters. The highest BCUT2D eigenvalue weighted by atomic mass is 35.5. The highest BCUT2D eigenvalue weighted by molar-refractivity contribution is 7.16. The molecule has 0 aliphatic heterocycles. The lowest BCUT2D eigenvalue weighted by Gasteiger charge is -2.32. The molecule has 3 nitrogen and oxygen atoms in total. The van der Waals surface area contributed by atoms with E-state index in [2.05, 4.69) is 6.58 Å². The van der Waals surface area contributed by atoms with Crippen molar-refractivity contribution in [1.82, 2.24) is 4.90 Å². The molecule has 0 saturated carbocycles. The fraction of sp³-hybridized carbons (Fsp3) is 0.500. The van der Waals surface area contributed by atoms with Gasteiger partial charge in [-0.25, -0.2) is 0 Å². The summed E-state index contributed by atoms with van der Waals surface area (Å²) in [6.45, 7) is 8.61. The molecule has 0 unspecified atom stereocenters. The van der Waals surface area contributed by atoms with E-state index in [1.807, 2.05) is 26.0 Å². The Morgan fingerprint density at radius 2 is 2.16 bits per heavy atom. The van der Waals surface area contributed by atoms with E-state index in [0.29, 0.717) is 25.9 Å². The first-order valence-corrected chi connectivity index (χ1v) is 7.59. The van der Waals surface area contributed by atoms with Crippen molar-refractivity contribution in [2.75, 3.05) is 6.54 Å². The van der Waals surface area contributed by atoms with Gasteiger partial charge in [-0.15, -0.1) is 17.9 Å². The van der Waals surface area contributed by atoms with Gasteiger partial charge in [0.05, 0.1) is 16.4 Å². The van der Waals surface area contributed by atoms with Crippen molar-refractivity contribution in [3.63, 3.8) is 0 Å². The maximum atomic E-state index is 12.6. The van der Waals surface area contributed by atoms with Crippen LogP contribution < -0.4 is 5.73 Å². The second-order valence-corrected chi connectivity index (χ2v) is 6.34. The lowest BCUT2D eigenvalue weighted by atomic mass is 9.92. The summed E-state index contributed by atoms with van der Waals surface area (Å²) in [5, 5.41) is 0. The molecule has 0 radical (unpaired) electrons. The summed E-state index contributed by atoms with van der Waals surface area (Å²) in [7, 11) is 0. The van der Waals surface area contributed by atoms with E-state index in [1.165, 1.54) is 11.3 Å². The summed E-state index contributed by atoms with van der Waals surface area (Å²) >= 11 is 7.40. The van der Waals surface area contributed by atoms with Gasteiger partial charge in [-0.2, -0.15) is 0 Å². The van der Waals surface area contributed by atoms with Crippen molar-refractivity contribution in [3.05, 3.63) is 34.0 Å². The predicted octanol–water partition coefficient (Wildman–Crippen LogP) is 3.43. The van der Waals surface area contributed by atoms with Gasteiger partial charge < -0.3 is 10.6 Å². The van der Waals surface area contributed by atoms with Crippen LogP contribution in [0.15, 0.2) is 24.8 Å². The van der Waals surface area contributed by atoms with Gasteiger partial charge in [0.1, 0.15) is 0 Å². The minimum atomic E-state index is -0.788. The lowest BCUT2D eigenvalue weighted by Crippen LogP contribution is -2.54. The standard InChI is InChI=1S/C14H21ClN2OS/c1-4-9-17(10-11-7-8-12(15)19-11)13(18)14(16,5-2)6-3/h4,7-8H,1,5-6,9-10,16H2,2-3H3. The van der Waals surface area contributed by atoms with Gasteiger partial charge >= 0.3 is 0 Å². The van der Waals surface area contributed by atoms with Gasteiger partial charge in [-0.1, -0.05) is 31.5 Å². The zero-order valence-corrected chi connectivity index (χ0v) is 13.1. The molecule has 0 aliphatic carbocycles. The molecule has 0 fully saturated rings. The molecule has 0 aliphatic rings. The largest absolute Gasteiger partial charge is 0.332 e. The third-order valence-electron chi connectivity index (χ3n) is 3.30. The maximum Gasteiger partial charge on any atom is 0.243 e. The lowest BCUT2D eigenvalue weighted by molar-refractivity contribution is -0.137. The monoisotopic (exact) mass is 300 g/mol. The van der Waals surface area contributed by atoms with E-state index in [9.17, 15) is 4.79 Å². The average molecular weight is 301 g/mol. The molecule has 0 bridgehead atoms. The highest BCUT2D eigenvalue weighted by Crippen LogP contribution is 2.24. The summed E-state index contributed by atoms with van der Waals surface area (Å²) < 4.78 is 0.728. The summed E-state index contributed by atoms with van der Waals surface area (Å²) in [5.41, 5.74) is 5.39. The average Bonchev–Trinajstić information content (AvgIpc) is 2.82. The van der Waals surface area contributed by atoms with E-state index >= 15 is 0 Å². The highest BCUT2D eigenvalue weighted by Gasteiger charge is 2.33. The van der Waals surface area contributed by atoms with E-state index < -0.39 is 5.54 Å². The van der Waals surface area contributed by atoms with Crippen LogP contribution in [0.4, 0.5) is 0 Å². The molecule has 1 aromatic rings. The number of carbonyl (C=O) groups excluding carboxylic acids is 1. The Hall–Kier alpha value is -0.840. The van der Waals surface area contributed by atoms with Crippen molar-refractivity contribution in [1.29, 1.82) is 0 Å². The van der Waals surface area contributed by atoms with Crippen LogP contribution in [0, 0.1) is 0 Å². The minimum Gasteiger partial charge on any atom is -0.332 e. The molecule has 19 heavy (non-hydrogen) atoms. The summed E-state index contributed by atoms with van der Waals surface area (Å²) in [5.74, 6) is -0.0260. The summed E-state index contributed by atoms with van der Waals surface area (Å²) in [6.07, 6.45) is 2.97. The van der Waals surface area contributed by atoms with Gasteiger partial charge in [-0.3, -0.25) is 4.79 Å². The molecule has 5 heteroatoms. The summed E-state index contributed by atoms with van der Waals surface area (Å²) in [4.78, 5) is 15.3. The topological polar surface area (TPSA) is 46.3 Å². The Balaban J connectivity index is 2.87. The molecule has 0 aromatic carbocycles. The van der Waals surface area contributed by atoms with Crippen molar-refractivity contribution < 1.29 is 4.79 Å². The van der Waals surface area contributed by atoms with Gasteiger partial charge in [0.15, 0.2) is 0 Å². The number of amides is 1. The van der Waals surface area contributed by atoms with Crippen molar-refractivity contribution in [2.45, 2.75) is 38.8 Å². The Bertz CT molecular complexity index is 440. The van der Waals surface area contributed by atoms with Crippen LogP contribution in [-0.2, 0) is 11.3 Å². The third-order valence-corrected chi connectivity index (χ3v) is 4.52. The first-order chi connectivity index (χ1) is 8.96. The second kappa shape index (κ2) is 7.08. The number of rotatable bonds is 7. The number of carbonyl (C=O) groups is 1. The Morgan fingerprint density at radius 1 is 1.53 bits per heavy atom. The summed E-state index contributed by atoms with van der Waals surface area (Å²) in [6, 6.07) is 3.78. The normalized spacial score (nSPS) is 11.4. The van der Waals surface area contributed by atoms with Crippen LogP contribution in [0.1, 0.15) is 31.6 Å². The smallest absolute Gasteiger partial charge is 0.243 e. The molecular formula is C14H21ClN2OS. The van der Waals surface area contributed by atoms with Gasteiger partial charge in [0.2, 0.25) is 5.91 Å². The van der Waals surface area contributed by atoms with Crippen LogP contribution in [0.2, 0.25) is 4.34 Å². The molecule has 106 valence electrons. The number of hydrogen-bond acceptors (Lipinski definition) is 3. The fourth-order valence-electron chi connectivity index (χ4n) is 1.87.